The normalized spacial score (nSPS) is 16.6. The van der Waals surface area contributed by atoms with E-state index in [9.17, 15) is 9.18 Å². The first-order chi connectivity index (χ1) is 9.24. The van der Waals surface area contributed by atoms with Gasteiger partial charge in [-0.05, 0) is 18.2 Å². The van der Waals surface area contributed by atoms with Crippen LogP contribution in [0.15, 0.2) is 18.2 Å². The van der Waals surface area contributed by atoms with Gasteiger partial charge in [0, 0.05) is 45.4 Å². The highest BCUT2D eigenvalue weighted by atomic mass is 19.1. The molecule has 0 saturated carbocycles. The van der Waals surface area contributed by atoms with Crippen molar-refractivity contribution in [2.24, 2.45) is 0 Å². The van der Waals surface area contributed by atoms with Gasteiger partial charge in [-0.15, -0.1) is 0 Å². The van der Waals surface area contributed by atoms with Crippen LogP contribution in [-0.4, -0.2) is 57.6 Å². The van der Waals surface area contributed by atoms with Gasteiger partial charge in [-0.25, -0.2) is 4.39 Å². The van der Waals surface area contributed by atoms with E-state index in [-0.39, 0.29) is 5.82 Å². The molecule has 0 atom stereocenters. The molecule has 1 aromatic rings. The first-order valence-corrected chi connectivity index (χ1v) is 6.45. The van der Waals surface area contributed by atoms with Crippen molar-refractivity contribution in [2.75, 3.05) is 51.3 Å². The van der Waals surface area contributed by atoms with Crippen molar-refractivity contribution >= 4 is 12.0 Å². The summed E-state index contributed by atoms with van der Waals surface area (Å²) >= 11 is 0. The summed E-state index contributed by atoms with van der Waals surface area (Å²) < 4.78 is 18.4. The summed E-state index contributed by atoms with van der Waals surface area (Å²) in [6.07, 6.45) is 0.784. The Kier molecular flexibility index (Phi) is 4.87. The Balaban J connectivity index is 2.01. The smallest absolute Gasteiger partial charge is 0.152 e. The van der Waals surface area contributed by atoms with E-state index in [1.807, 2.05) is 0 Å². The molecule has 1 fully saturated rings. The van der Waals surface area contributed by atoms with Crippen LogP contribution in [0.3, 0.4) is 0 Å². The van der Waals surface area contributed by atoms with Crippen molar-refractivity contribution in [2.45, 2.75) is 0 Å². The van der Waals surface area contributed by atoms with E-state index in [1.165, 1.54) is 18.2 Å². The van der Waals surface area contributed by atoms with Gasteiger partial charge in [0.15, 0.2) is 6.29 Å². The second kappa shape index (κ2) is 6.63. The molecular weight excluding hydrogens is 247 g/mol. The first kappa shape index (κ1) is 14.0. The molecule has 0 aromatic heterocycles. The van der Waals surface area contributed by atoms with E-state index < -0.39 is 0 Å². The Hall–Kier alpha value is -1.46. The number of rotatable bonds is 5. The molecule has 1 aliphatic heterocycles. The predicted molar refractivity (Wildman–Crippen MR) is 72.3 cm³/mol. The van der Waals surface area contributed by atoms with Gasteiger partial charge in [0.2, 0.25) is 0 Å². The van der Waals surface area contributed by atoms with Crippen molar-refractivity contribution in [3.05, 3.63) is 29.6 Å². The molecule has 0 radical (unpaired) electrons. The number of carbonyl (C=O) groups is 1. The molecular formula is C14H19FN2O2. The van der Waals surface area contributed by atoms with Gasteiger partial charge < -0.3 is 9.64 Å². The molecule has 5 heteroatoms. The molecule has 0 amide bonds. The number of halogens is 1. The number of piperazine rings is 1. The quantitative estimate of drug-likeness (QED) is 0.754. The lowest BCUT2D eigenvalue weighted by Gasteiger charge is -2.36. The Labute approximate surface area is 112 Å². The maximum Gasteiger partial charge on any atom is 0.152 e. The number of anilines is 1. The Bertz CT molecular complexity index is 431. The van der Waals surface area contributed by atoms with Crippen LogP contribution in [0.1, 0.15) is 10.4 Å². The number of benzene rings is 1. The van der Waals surface area contributed by atoms with Gasteiger partial charge >= 0.3 is 0 Å². The summed E-state index contributed by atoms with van der Waals surface area (Å²) in [4.78, 5) is 15.4. The zero-order chi connectivity index (χ0) is 13.7. The van der Waals surface area contributed by atoms with Gasteiger partial charge in [0.25, 0.3) is 0 Å². The van der Waals surface area contributed by atoms with Gasteiger partial charge in [-0.3, -0.25) is 9.69 Å². The van der Waals surface area contributed by atoms with E-state index in [0.717, 1.165) is 45.6 Å². The maximum absolute atomic E-state index is 13.3. The van der Waals surface area contributed by atoms with Crippen LogP contribution in [0.2, 0.25) is 0 Å². The summed E-state index contributed by atoms with van der Waals surface area (Å²) in [6.45, 7) is 5.03. The molecule has 1 aromatic carbocycles. The van der Waals surface area contributed by atoms with E-state index in [1.54, 1.807) is 7.11 Å². The lowest BCUT2D eigenvalue weighted by Crippen LogP contribution is -2.47. The van der Waals surface area contributed by atoms with Gasteiger partial charge in [-0.2, -0.15) is 0 Å². The average Bonchev–Trinajstić information content (AvgIpc) is 2.45. The highest BCUT2D eigenvalue weighted by Crippen LogP contribution is 2.22. The number of ether oxygens (including phenoxy) is 1. The van der Waals surface area contributed by atoms with Crippen LogP contribution in [-0.2, 0) is 4.74 Å². The van der Waals surface area contributed by atoms with Crippen LogP contribution in [0.4, 0.5) is 10.1 Å². The Morgan fingerprint density at radius 1 is 1.32 bits per heavy atom. The zero-order valence-corrected chi connectivity index (χ0v) is 11.1. The van der Waals surface area contributed by atoms with Crippen LogP contribution >= 0.6 is 0 Å². The van der Waals surface area contributed by atoms with Crippen molar-refractivity contribution in [3.8, 4) is 0 Å². The number of aldehydes is 1. The largest absolute Gasteiger partial charge is 0.383 e. The molecule has 0 aliphatic carbocycles. The van der Waals surface area contributed by atoms with Crippen molar-refractivity contribution in [3.63, 3.8) is 0 Å². The summed E-state index contributed by atoms with van der Waals surface area (Å²) in [5, 5.41) is 0. The summed E-state index contributed by atoms with van der Waals surface area (Å²) in [7, 11) is 1.69. The average molecular weight is 266 g/mol. The molecule has 1 heterocycles. The fourth-order valence-corrected chi connectivity index (χ4v) is 2.32. The molecule has 19 heavy (non-hydrogen) atoms. The number of methoxy groups -OCH3 is 1. The third-order valence-corrected chi connectivity index (χ3v) is 3.44. The summed E-state index contributed by atoms with van der Waals surface area (Å²) in [6, 6.07) is 4.30. The number of hydrogen-bond acceptors (Lipinski definition) is 4. The second-order valence-corrected chi connectivity index (χ2v) is 4.64. The zero-order valence-electron chi connectivity index (χ0n) is 11.1. The highest BCUT2D eigenvalue weighted by molar-refractivity contribution is 5.84. The van der Waals surface area contributed by atoms with E-state index in [2.05, 4.69) is 9.80 Å². The molecule has 4 nitrogen and oxygen atoms in total. The van der Waals surface area contributed by atoms with Crippen molar-refractivity contribution in [1.29, 1.82) is 0 Å². The fourth-order valence-electron chi connectivity index (χ4n) is 2.32. The Morgan fingerprint density at radius 3 is 2.68 bits per heavy atom. The SMILES string of the molecule is COCCN1CCN(c2cc(F)ccc2C=O)CC1. The molecule has 1 aliphatic rings. The third-order valence-electron chi connectivity index (χ3n) is 3.44. The van der Waals surface area contributed by atoms with Crippen LogP contribution in [0.5, 0.6) is 0 Å². The number of nitrogens with zero attached hydrogens (tertiary/aromatic N) is 2. The lowest BCUT2D eigenvalue weighted by atomic mass is 10.1. The first-order valence-electron chi connectivity index (χ1n) is 6.45. The van der Waals surface area contributed by atoms with Crippen molar-refractivity contribution in [1.82, 2.24) is 4.90 Å². The predicted octanol–water partition coefficient (Wildman–Crippen LogP) is 1.41. The second-order valence-electron chi connectivity index (χ2n) is 4.64. The molecule has 104 valence electrons. The summed E-state index contributed by atoms with van der Waals surface area (Å²) in [5.74, 6) is -0.303. The van der Waals surface area contributed by atoms with Crippen LogP contribution in [0, 0.1) is 5.82 Å². The molecule has 0 spiro atoms. The van der Waals surface area contributed by atoms with E-state index in [0.29, 0.717) is 11.3 Å². The highest BCUT2D eigenvalue weighted by Gasteiger charge is 2.19. The van der Waals surface area contributed by atoms with E-state index >= 15 is 0 Å². The van der Waals surface area contributed by atoms with Crippen molar-refractivity contribution < 1.29 is 13.9 Å². The fraction of sp³-hybridized carbons (Fsp3) is 0.500. The molecule has 2 rings (SSSR count). The topological polar surface area (TPSA) is 32.8 Å². The molecule has 0 N–H and O–H groups in total. The molecule has 1 saturated heterocycles. The third kappa shape index (κ3) is 3.52. The standard InChI is InChI=1S/C14H19FN2O2/c1-19-9-8-16-4-6-17(7-5-16)14-10-13(15)3-2-12(14)11-18/h2-3,10-11H,4-9H2,1H3. The lowest BCUT2D eigenvalue weighted by molar-refractivity contribution is 0.112. The minimum Gasteiger partial charge on any atom is -0.383 e. The maximum atomic E-state index is 13.3. The van der Waals surface area contributed by atoms with Gasteiger partial charge in [0.1, 0.15) is 5.82 Å². The summed E-state index contributed by atoms with van der Waals surface area (Å²) in [5.41, 5.74) is 1.24. The molecule has 0 bridgehead atoms. The van der Waals surface area contributed by atoms with Gasteiger partial charge in [0.05, 0.1) is 12.3 Å². The monoisotopic (exact) mass is 266 g/mol. The van der Waals surface area contributed by atoms with Gasteiger partial charge in [-0.1, -0.05) is 0 Å². The minimum atomic E-state index is -0.303. The van der Waals surface area contributed by atoms with E-state index in [4.69, 9.17) is 4.74 Å². The van der Waals surface area contributed by atoms with Crippen LogP contribution in [0.25, 0.3) is 0 Å². The minimum absolute atomic E-state index is 0.303. The number of carbonyl (C=O) groups excluding carboxylic acids is 1. The molecule has 0 unspecified atom stereocenters. The Morgan fingerprint density at radius 2 is 2.05 bits per heavy atom. The number of hydrogen-bond donors (Lipinski definition) is 0. The van der Waals surface area contributed by atoms with Crippen LogP contribution < -0.4 is 4.90 Å².